The molecule has 2 bridgehead atoms. The molecule has 0 saturated heterocycles. The van der Waals surface area contributed by atoms with Crippen molar-refractivity contribution in [1.82, 2.24) is 4.98 Å². The molecule has 2 heterocycles. The van der Waals surface area contributed by atoms with Crippen molar-refractivity contribution in [1.29, 1.82) is 0 Å². The monoisotopic (exact) mass is 786 g/mol. The van der Waals surface area contributed by atoms with Gasteiger partial charge >= 0.3 is 0 Å². The lowest BCUT2D eigenvalue weighted by Gasteiger charge is -2.41. The van der Waals surface area contributed by atoms with Gasteiger partial charge in [-0.15, -0.1) is 0 Å². The maximum Gasteiger partial charge on any atom is 0.200 e. The number of methoxy groups -OCH3 is 1. The normalized spacial score (nSPS) is 20.3. The zero-order chi connectivity index (χ0) is 40.4. The van der Waals surface area contributed by atoms with E-state index in [-0.39, 0.29) is 47.1 Å². The third-order valence-corrected chi connectivity index (χ3v) is 13.1. The fraction of sp³-hybridized carbons (Fsp3) is 0.417. The molecule has 10 heteroatoms. The minimum Gasteiger partial charge on any atom is -0.508 e. The number of aromatic hydroxyl groups is 4. The lowest BCUT2D eigenvalue weighted by molar-refractivity contribution is -0.130. The molecule has 6 N–H and O–H groups in total. The van der Waals surface area contributed by atoms with Crippen molar-refractivity contribution in [3.05, 3.63) is 101 Å². The van der Waals surface area contributed by atoms with Gasteiger partial charge in [0, 0.05) is 23.7 Å². The van der Waals surface area contributed by atoms with Gasteiger partial charge in [0.05, 0.1) is 25.2 Å². The van der Waals surface area contributed by atoms with E-state index in [4.69, 9.17) is 14.5 Å². The van der Waals surface area contributed by atoms with E-state index in [1.54, 1.807) is 42.6 Å². The van der Waals surface area contributed by atoms with Crippen molar-refractivity contribution in [3.8, 4) is 34.5 Å². The molecule has 5 aromatic rings. The number of carbonyl (C=O) groups excluding carboxylic acids is 1. The lowest BCUT2D eigenvalue weighted by atomic mass is 9.63. The number of rotatable bonds is 8. The van der Waals surface area contributed by atoms with Crippen LogP contribution in [0.1, 0.15) is 105 Å². The Labute approximate surface area is 339 Å². The van der Waals surface area contributed by atoms with E-state index in [1.165, 1.54) is 7.11 Å². The Kier molecular flexibility index (Phi) is 11.4. The molecule has 1 aliphatic heterocycles. The van der Waals surface area contributed by atoms with Crippen molar-refractivity contribution in [2.24, 2.45) is 5.92 Å². The summed E-state index contributed by atoms with van der Waals surface area (Å²) in [6, 6.07) is 21.9. The second-order valence-electron chi connectivity index (χ2n) is 16.7. The van der Waals surface area contributed by atoms with E-state index >= 15 is 4.79 Å². The third kappa shape index (κ3) is 7.99. The number of nitrogens with one attached hydrogen (secondary N) is 1. The second kappa shape index (κ2) is 16.8. The number of ether oxygens (including phenoxy) is 2. The Bertz CT molecular complexity index is 2280. The molecule has 0 unspecified atom stereocenters. The van der Waals surface area contributed by atoms with Crippen molar-refractivity contribution in [2.45, 2.75) is 113 Å². The first-order chi connectivity index (χ1) is 28.1. The van der Waals surface area contributed by atoms with Crippen LogP contribution in [0.25, 0.3) is 10.8 Å². The number of hydrogen-bond acceptors (Lipinski definition) is 10. The summed E-state index contributed by atoms with van der Waals surface area (Å²) in [7, 11) is 1.50. The largest absolute Gasteiger partial charge is 0.508 e. The van der Waals surface area contributed by atoms with Gasteiger partial charge < -0.3 is 40.3 Å². The molecular weight excluding hydrogens is 733 g/mol. The Hall–Kier alpha value is -5.48. The summed E-state index contributed by atoms with van der Waals surface area (Å²) in [5.41, 5.74) is 3.73. The number of ketones is 1. The van der Waals surface area contributed by atoms with Gasteiger partial charge in [-0.3, -0.25) is 4.79 Å². The van der Waals surface area contributed by atoms with Gasteiger partial charge in [-0.05, 0) is 158 Å². The third-order valence-electron chi connectivity index (χ3n) is 13.1. The smallest absolute Gasteiger partial charge is 0.200 e. The highest BCUT2D eigenvalue weighted by atomic mass is 16.5. The van der Waals surface area contributed by atoms with Crippen LogP contribution in [0.2, 0.25) is 0 Å². The van der Waals surface area contributed by atoms with Crippen molar-refractivity contribution in [2.75, 3.05) is 12.4 Å². The molecule has 1 aromatic heterocycles. The van der Waals surface area contributed by atoms with Gasteiger partial charge in [0.1, 0.15) is 17.4 Å². The van der Waals surface area contributed by atoms with E-state index in [9.17, 15) is 25.5 Å². The topological polar surface area (TPSA) is 162 Å². The fourth-order valence-corrected chi connectivity index (χ4v) is 10.1. The van der Waals surface area contributed by atoms with Crippen LogP contribution in [-0.2, 0) is 23.1 Å². The zero-order valence-electron chi connectivity index (χ0n) is 33.1. The number of phenols is 4. The van der Waals surface area contributed by atoms with Gasteiger partial charge in [0.25, 0.3) is 0 Å². The molecule has 1 spiro atoms. The zero-order valence-corrected chi connectivity index (χ0v) is 33.1. The number of anilines is 2. The quantitative estimate of drug-likeness (QED) is 0.0836. The minimum atomic E-state index is -0.993. The highest BCUT2D eigenvalue weighted by Gasteiger charge is 2.49. The first-order valence-electron chi connectivity index (χ1n) is 20.9. The average Bonchev–Trinajstić information content (AvgIpc) is 3.72. The number of carbonyl (C=O) groups is 1. The van der Waals surface area contributed by atoms with Gasteiger partial charge in [-0.1, -0.05) is 37.5 Å². The van der Waals surface area contributed by atoms with Crippen LogP contribution in [0.3, 0.4) is 0 Å². The standard InChI is InChI=1S/C48H54N2O8/c1-57-43-23-29(9-17-39(43)52)10-18-40(53)46-41(54)25-30(32-26-42(55)47(56)44(27-32)58-35-7-3-2-4-8-35)11-14-37-36-15-13-34(51)24-31(36)12-16-38(37)50-45-28-33(19-22-49-45)48(46)20-5-6-21-48/h9,12-13,15-17,19,22-24,26-28,30,35,40,46,51-53,55-56H,2-8,10-11,14,18,20-21,25H2,1H3,(H,49,50)/t30-,40-,46+/m1/s1. The molecule has 0 amide bonds. The Morgan fingerprint density at radius 1 is 0.845 bits per heavy atom. The Morgan fingerprint density at radius 3 is 2.45 bits per heavy atom. The predicted octanol–water partition coefficient (Wildman–Crippen LogP) is 9.63. The number of pyridine rings is 1. The summed E-state index contributed by atoms with van der Waals surface area (Å²) in [5, 5.41) is 60.7. The van der Waals surface area contributed by atoms with Crippen LogP contribution in [0, 0.1) is 5.92 Å². The van der Waals surface area contributed by atoms with Crippen LogP contribution in [0.4, 0.5) is 11.5 Å². The highest BCUT2D eigenvalue weighted by Crippen LogP contribution is 2.51. The van der Waals surface area contributed by atoms with Crippen molar-refractivity contribution in [3.63, 3.8) is 0 Å². The van der Waals surface area contributed by atoms with E-state index in [2.05, 4.69) is 5.32 Å². The Balaban J connectivity index is 1.23. The second-order valence-corrected chi connectivity index (χ2v) is 16.7. The summed E-state index contributed by atoms with van der Waals surface area (Å²) in [5.74, 6) is -0.394. The van der Waals surface area contributed by atoms with E-state index < -0.39 is 23.4 Å². The van der Waals surface area contributed by atoms with Crippen molar-refractivity contribution < 1.29 is 39.8 Å². The van der Waals surface area contributed by atoms with Crippen molar-refractivity contribution >= 4 is 28.1 Å². The molecule has 0 radical (unpaired) electrons. The number of phenolic OH excluding ortho intramolecular Hbond substituents is 4. The summed E-state index contributed by atoms with van der Waals surface area (Å²) >= 11 is 0. The van der Waals surface area contributed by atoms with Gasteiger partial charge in [-0.2, -0.15) is 0 Å². The molecule has 3 aliphatic rings. The van der Waals surface area contributed by atoms with E-state index in [0.29, 0.717) is 42.8 Å². The molecular formula is C48H54N2O8. The number of nitrogens with zero attached hydrogens (tertiary/aromatic N) is 1. The maximum atomic E-state index is 15.4. The number of fused-ring (bicyclic) bond motifs is 6. The van der Waals surface area contributed by atoms with E-state index in [0.717, 1.165) is 90.9 Å². The van der Waals surface area contributed by atoms with Crippen LogP contribution in [0.15, 0.2) is 79.0 Å². The molecule has 10 nitrogen and oxygen atoms in total. The number of benzene rings is 4. The number of aliphatic hydroxyl groups is 1. The molecule has 304 valence electrons. The maximum absolute atomic E-state index is 15.4. The highest BCUT2D eigenvalue weighted by molar-refractivity contribution is 5.92. The number of Topliss-reactive ketones (excluding diaryl/α,β-unsaturated/α-hetero) is 1. The van der Waals surface area contributed by atoms with Crippen LogP contribution < -0.4 is 14.8 Å². The molecule has 2 fully saturated rings. The molecule has 8 rings (SSSR count). The number of aliphatic hydroxyl groups excluding tert-OH is 1. The predicted molar refractivity (Wildman–Crippen MR) is 224 cm³/mol. The summed E-state index contributed by atoms with van der Waals surface area (Å²) in [4.78, 5) is 20.1. The van der Waals surface area contributed by atoms with Gasteiger partial charge in [-0.25, -0.2) is 4.98 Å². The molecule has 2 saturated carbocycles. The summed E-state index contributed by atoms with van der Waals surface area (Å²) < 4.78 is 11.7. The lowest BCUT2D eigenvalue weighted by Crippen LogP contribution is -2.45. The first kappa shape index (κ1) is 39.4. The van der Waals surface area contributed by atoms with Crippen LogP contribution >= 0.6 is 0 Å². The molecule has 2 aliphatic carbocycles. The summed E-state index contributed by atoms with van der Waals surface area (Å²) in [6.07, 6.45) is 10.9. The Morgan fingerprint density at radius 2 is 1.66 bits per heavy atom. The average molecular weight is 787 g/mol. The summed E-state index contributed by atoms with van der Waals surface area (Å²) in [6.45, 7) is 0. The van der Waals surface area contributed by atoms with E-state index in [1.807, 2.05) is 36.4 Å². The first-order valence-corrected chi connectivity index (χ1v) is 20.9. The van der Waals surface area contributed by atoms with Crippen LogP contribution in [-0.4, -0.2) is 55.6 Å². The fourth-order valence-electron chi connectivity index (χ4n) is 10.1. The molecule has 58 heavy (non-hydrogen) atoms. The SMILES string of the molecule is COc1cc(CC[C@@H](O)[C@H]2C(=O)C[C@H](c3cc(O)c(O)c(OC4CCCCC4)c3)CCc3c(ccc4cc(O)ccc34)Nc3cc(ccn3)C23CCCC3)ccc1O. The number of aromatic nitrogens is 1. The number of aryl methyl sites for hydroxylation is 2. The molecule has 4 aromatic carbocycles. The van der Waals surface area contributed by atoms with Crippen LogP contribution in [0.5, 0.6) is 34.5 Å². The van der Waals surface area contributed by atoms with Gasteiger partial charge in [0.2, 0.25) is 5.75 Å². The number of hydrogen-bond donors (Lipinski definition) is 6. The molecule has 3 atom stereocenters. The van der Waals surface area contributed by atoms with Gasteiger partial charge in [0.15, 0.2) is 23.0 Å². The minimum absolute atomic E-state index is 0.0381.